The second-order valence-electron chi connectivity index (χ2n) is 9.44. The second-order valence-corrected chi connectivity index (χ2v) is 12.4. The lowest BCUT2D eigenvalue weighted by Gasteiger charge is -2.24. The molecule has 1 atom stereocenters. The van der Waals surface area contributed by atoms with Crippen LogP contribution in [-0.2, 0) is 16.1 Å². The summed E-state index contributed by atoms with van der Waals surface area (Å²) >= 11 is 15.6. The summed E-state index contributed by atoms with van der Waals surface area (Å²) in [7, 11) is 0. The van der Waals surface area contributed by atoms with Gasteiger partial charge in [0.2, 0.25) is 0 Å². The van der Waals surface area contributed by atoms with E-state index in [1.54, 1.807) is 30.5 Å². The zero-order valence-corrected chi connectivity index (χ0v) is 26.9. The van der Waals surface area contributed by atoms with Crippen LogP contribution in [0.25, 0.3) is 6.08 Å². The maximum Gasteiger partial charge on any atom is 0.338 e. The number of thiazole rings is 1. The number of benzene rings is 3. The number of rotatable bonds is 7. The molecule has 0 bridgehead atoms. The Kier molecular flexibility index (Phi) is 9.03. The summed E-state index contributed by atoms with van der Waals surface area (Å²) in [5, 5.41) is 0.977. The Balaban J connectivity index is 1.50. The van der Waals surface area contributed by atoms with Crippen LogP contribution in [0.4, 0.5) is 0 Å². The molecule has 210 valence electrons. The molecule has 0 N–H and O–H groups in total. The smallest absolute Gasteiger partial charge is 0.338 e. The fourth-order valence-corrected chi connectivity index (χ4v) is 6.58. The SMILES string of the molecule is CCOC(=O)C1=C(C)N=c2s/c(=C/c3ccc(OCc4ccc(Cl)c(Cl)c4)c(I)c3)c(=O)n2[C@H]1c1ccc(C)cc1. The number of hydrogen-bond donors (Lipinski definition) is 0. The van der Waals surface area contributed by atoms with Crippen LogP contribution in [0.2, 0.25) is 10.0 Å². The number of carbonyl (C=O) groups excluding carboxylic acids is 1. The van der Waals surface area contributed by atoms with E-state index in [2.05, 4.69) is 27.6 Å². The standard InChI is InChI=1S/C31H25Cl2IN2O4S/c1-4-39-30(38)27-18(3)35-31-36(28(27)21-9-5-17(2)6-10-21)29(37)26(41-31)15-19-8-12-25(24(34)14-19)40-16-20-7-11-22(32)23(33)13-20/h5-15,28H,4,16H2,1-3H3/b26-15+/t28-/m0/s1. The largest absolute Gasteiger partial charge is 0.488 e. The van der Waals surface area contributed by atoms with Crippen molar-refractivity contribution >= 4 is 69.2 Å². The van der Waals surface area contributed by atoms with Crippen LogP contribution in [-0.4, -0.2) is 17.1 Å². The highest BCUT2D eigenvalue weighted by atomic mass is 127. The third kappa shape index (κ3) is 6.30. The maximum absolute atomic E-state index is 13.8. The Labute approximate surface area is 264 Å². The highest BCUT2D eigenvalue weighted by Crippen LogP contribution is 2.31. The molecule has 0 fully saturated rings. The van der Waals surface area contributed by atoms with Gasteiger partial charge < -0.3 is 9.47 Å². The van der Waals surface area contributed by atoms with E-state index in [4.69, 9.17) is 32.7 Å². The highest BCUT2D eigenvalue weighted by Gasteiger charge is 2.33. The van der Waals surface area contributed by atoms with Crippen LogP contribution in [0.5, 0.6) is 5.75 Å². The van der Waals surface area contributed by atoms with E-state index in [0.717, 1.165) is 25.8 Å². The first-order valence-electron chi connectivity index (χ1n) is 12.8. The van der Waals surface area contributed by atoms with Crippen LogP contribution < -0.4 is 19.6 Å². The summed E-state index contributed by atoms with van der Waals surface area (Å²) < 4.78 is 14.4. The molecular weight excluding hydrogens is 694 g/mol. The average molecular weight is 719 g/mol. The Morgan fingerprint density at radius 3 is 2.51 bits per heavy atom. The molecule has 1 aliphatic rings. The summed E-state index contributed by atoms with van der Waals surface area (Å²) in [6.07, 6.45) is 1.84. The molecule has 0 saturated heterocycles. The van der Waals surface area contributed by atoms with Gasteiger partial charge in [0.1, 0.15) is 12.4 Å². The molecule has 41 heavy (non-hydrogen) atoms. The number of allylic oxidation sites excluding steroid dienone is 1. The zero-order chi connectivity index (χ0) is 29.3. The molecule has 10 heteroatoms. The lowest BCUT2D eigenvalue weighted by atomic mass is 9.95. The predicted octanol–water partition coefficient (Wildman–Crippen LogP) is 6.60. The van der Waals surface area contributed by atoms with Crippen molar-refractivity contribution in [2.75, 3.05) is 6.61 Å². The molecule has 3 aromatic carbocycles. The summed E-state index contributed by atoms with van der Waals surface area (Å²) in [6.45, 7) is 6.10. The quantitative estimate of drug-likeness (QED) is 0.160. The van der Waals surface area contributed by atoms with Crippen molar-refractivity contribution in [3.05, 3.63) is 127 Å². The molecule has 0 aliphatic carbocycles. The maximum atomic E-state index is 13.8. The first kappa shape index (κ1) is 29.6. The third-order valence-corrected chi connectivity index (χ3v) is 9.11. The Morgan fingerprint density at radius 2 is 1.83 bits per heavy atom. The van der Waals surface area contributed by atoms with Crippen molar-refractivity contribution in [3.8, 4) is 5.75 Å². The van der Waals surface area contributed by atoms with Gasteiger partial charge in [-0.05, 0) is 90.4 Å². The molecule has 4 aromatic rings. The Morgan fingerprint density at radius 1 is 1.07 bits per heavy atom. The van der Waals surface area contributed by atoms with Gasteiger partial charge in [0.15, 0.2) is 4.80 Å². The van der Waals surface area contributed by atoms with Crippen LogP contribution in [0.3, 0.4) is 0 Å². The molecule has 2 heterocycles. The minimum absolute atomic E-state index is 0.219. The summed E-state index contributed by atoms with van der Waals surface area (Å²) in [6, 6.07) is 18.3. The van der Waals surface area contributed by atoms with Crippen molar-refractivity contribution in [3.63, 3.8) is 0 Å². The third-order valence-electron chi connectivity index (χ3n) is 6.54. The van der Waals surface area contributed by atoms with Gasteiger partial charge in [-0.3, -0.25) is 9.36 Å². The van der Waals surface area contributed by atoms with Crippen molar-refractivity contribution < 1.29 is 14.3 Å². The molecular formula is C31H25Cl2IN2O4S. The number of aryl methyl sites for hydroxylation is 1. The van der Waals surface area contributed by atoms with Gasteiger partial charge in [-0.1, -0.05) is 76.5 Å². The topological polar surface area (TPSA) is 69.9 Å². The van der Waals surface area contributed by atoms with E-state index in [1.165, 1.54) is 11.3 Å². The van der Waals surface area contributed by atoms with Gasteiger partial charge >= 0.3 is 5.97 Å². The molecule has 1 aromatic heterocycles. The molecule has 5 rings (SSSR count). The van der Waals surface area contributed by atoms with Crippen LogP contribution in [0.1, 0.15) is 42.1 Å². The number of hydrogen-bond acceptors (Lipinski definition) is 6. The molecule has 0 spiro atoms. The predicted molar refractivity (Wildman–Crippen MR) is 172 cm³/mol. The fourth-order valence-electron chi connectivity index (χ4n) is 4.52. The number of nitrogens with zero attached hydrogens (tertiary/aromatic N) is 2. The van der Waals surface area contributed by atoms with E-state index in [0.29, 0.717) is 43.0 Å². The van der Waals surface area contributed by atoms with E-state index < -0.39 is 12.0 Å². The first-order valence-corrected chi connectivity index (χ1v) is 15.4. The summed E-state index contributed by atoms with van der Waals surface area (Å²) in [5.41, 5.74) is 4.34. The van der Waals surface area contributed by atoms with E-state index in [1.807, 2.05) is 61.5 Å². The molecule has 0 amide bonds. The Bertz CT molecular complexity index is 1860. The van der Waals surface area contributed by atoms with Crippen molar-refractivity contribution in [2.24, 2.45) is 4.99 Å². The number of halogens is 3. The number of fused-ring (bicyclic) bond motifs is 1. The van der Waals surface area contributed by atoms with Crippen LogP contribution >= 0.6 is 57.1 Å². The lowest BCUT2D eigenvalue weighted by Crippen LogP contribution is -2.39. The Hall–Kier alpha value is -2.92. The molecule has 0 radical (unpaired) electrons. The monoisotopic (exact) mass is 718 g/mol. The molecule has 0 unspecified atom stereocenters. The average Bonchev–Trinajstić information content (AvgIpc) is 3.24. The van der Waals surface area contributed by atoms with Gasteiger partial charge in [0.25, 0.3) is 5.56 Å². The fraction of sp³-hybridized carbons (Fsp3) is 0.194. The molecule has 0 saturated carbocycles. The number of aromatic nitrogens is 1. The lowest BCUT2D eigenvalue weighted by molar-refractivity contribution is -0.139. The first-order chi connectivity index (χ1) is 19.7. The summed E-state index contributed by atoms with van der Waals surface area (Å²) in [4.78, 5) is 32.0. The minimum atomic E-state index is -0.634. The number of esters is 1. The second kappa shape index (κ2) is 12.5. The van der Waals surface area contributed by atoms with Crippen LogP contribution in [0, 0.1) is 10.5 Å². The van der Waals surface area contributed by atoms with E-state index in [9.17, 15) is 9.59 Å². The number of ether oxygens (including phenoxy) is 2. The highest BCUT2D eigenvalue weighted by molar-refractivity contribution is 14.1. The van der Waals surface area contributed by atoms with Gasteiger partial charge in [-0.25, -0.2) is 9.79 Å². The normalized spacial score (nSPS) is 15.0. The van der Waals surface area contributed by atoms with E-state index in [-0.39, 0.29) is 12.2 Å². The van der Waals surface area contributed by atoms with Gasteiger partial charge in [-0.15, -0.1) is 0 Å². The van der Waals surface area contributed by atoms with Crippen molar-refractivity contribution in [1.82, 2.24) is 4.57 Å². The summed E-state index contributed by atoms with van der Waals surface area (Å²) in [5.74, 6) is 0.240. The minimum Gasteiger partial charge on any atom is -0.488 e. The molecule has 6 nitrogen and oxygen atoms in total. The van der Waals surface area contributed by atoms with Gasteiger partial charge in [0, 0.05) is 0 Å². The van der Waals surface area contributed by atoms with Gasteiger partial charge in [0.05, 0.1) is 42.1 Å². The zero-order valence-electron chi connectivity index (χ0n) is 22.4. The van der Waals surface area contributed by atoms with Gasteiger partial charge in [-0.2, -0.15) is 0 Å². The van der Waals surface area contributed by atoms with Crippen molar-refractivity contribution in [1.29, 1.82) is 0 Å². The van der Waals surface area contributed by atoms with E-state index >= 15 is 0 Å². The van der Waals surface area contributed by atoms with Crippen molar-refractivity contribution in [2.45, 2.75) is 33.4 Å². The molecule has 1 aliphatic heterocycles. The van der Waals surface area contributed by atoms with Crippen LogP contribution in [0.15, 0.2) is 81.7 Å². The number of carbonyl (C=O) groups is 1.